The topological polar surface area (TPSA) is 83.7 Å². The monoisotopic (exact) mass is 373 g/mol. The lowest BCUT2D eigenvalue weighted by Gasteiger charge is -2.31. The molecule has 2 heterocycles. The Bertz CT molecular complexity index is 648. The van der Waals surface area contributed by atoms with Gasteiger partial charge in [-0.3, -0.25) is 19.3 Å². The van der Waals surface area contributed by atoms with E-state index in [1.54, 1.807) is 0 Å². The van der Waals surface area contributed by atoms with Gasteiger partial charge in [0, 0.05) is 19.1 Å². The Hall–Kier alpha value is -1.69. The second-order valence-electron chi connectivity index (χ2n) is 9.26. The van der Waals surface area contributed by atoms with Gasteiger partial charge in [-0.2, -0.15) is 0 Å². The van der Waals surface area contributed by atoms with Crippen molar-refractivity contribution in [2.24, 2.45) is 35.3 Å². The Morgan fingerprint density at radius 3 is 2.30 bits per heavy atom. The van der Waals surface area contributed by atoms with Crippen LogP contribution in [0.1, 0.15) is 46.0 Å². The number of hydrogen-bond donors (Lipinski definition) is 1. The predicted octanol–water partition coefficient (Wildman–Crippen LogP) is 1.55. The van der Waals surface area contributed by atoms with E-state index in [1.165, 1.54) is 4.90 Å². The molecule has 2 aliphatic carbocycles. The van der Waals surface area contributed by atoms with Gasteiger partial charge in [-0.1, -0.05) is 26.0 Å². The molecule has 0 aromatic carbocycles. The van der Waals surface area contributed by atoms with Crippen LogP contribution in [0.5, 0.6) is 0 Å². The quantitative estimate of drug-likeness (QED) is 0.599. The summed E-state index contributed by atoms with van der Waals surface area (Å²) in [5.74, 6) is 0.149. The third kappa shape index (κ3) is 3.12. The standard InChI is InChI=1S/C21H31N3O3/c1-12(2)9-18(21(27)23-10-13-7-8-17(22)16(13)11-23)24-19(25)14-5-3-4-6-15(14)20(24)26/h3-4,12-18H,5-11,22H2,1-2H3. The van der Waals surface area contributed by atoms with Gasteiger partial charge in [-0.05, 0) is 49.9 Å². The number of rotatable bonds is 4. The molecular weight excluding hydrogens is 342 g/mol. The fourth-order valence-corrected chi connectivity index (χ4v) is 5.59. The molecule has 2 aliphatic heterocycles. The first-order valence-electron chi connectivity index (χ1n) is 10.4. The highest BCUT2D eigenvalue weighted by Gasteiger charge is 2.53. The first-order chi connectivity index (χ1) is 12.9. The molecule has 0 aromatic rings. The first-order valence-corrected chi connectivity index (χ1v) is 10.4. The lowest BCUT2D eigenvalue weighted by molar-refractivity contribution is -0.152. The molecule has 3 amide bonds. The molecule has 2 saturated heterocycles. The molecule has 2 N–H and O–H groups in total. The minimum Gasteiger partial charge on any atom is -0.340 e. The van der Waals surface area contributed by atoms with Crippen LogP contribution in [0.3, 0.4) is 0 Å². The number of likely N-dealkylation sites (tertiary alicyclic amines) is 2. The molecule has 3 fully saturated rings. The average Bonchev–Trinajstić information content (AvgIpc) is 3.28. The van der Waals surface area contributed by atoms with E-state index in [9.17, 15) is 14.4 Å². The zero-order valence-corrected chi connectivity index (χ0v) is 16.3. The van der Waals surface area contributed by atoms with Gasteiger partial charge in [0.2, 0.25) is 17.7 Å². The van der Waals surface area contributed by atoms with Gasteiger partial charge in [0.05, 0.1) is 11.8 Å². The summed E-state index contributed by atoms with van der Waals surface area (Å²) in [6, 6.07) is -0.494. The summed E-state index contributed by atoms with van der Waals surface area (Å²) in [6.45, 7) is 5.46. The van der Waals surface area contributed by atoms with Crippen LogP contribution in [0.15, 0.2) is 12.2 Å². The van der Waals surface area contributed by atoms with E-state index < -0.39 is 6.04 Å². The van der Waals surface area contributed by atoms with Gasteiger partial charge in [0.25, 0.3) is 0 Å². The molecule has 148 valence electrons. The third-order valence-corrected chi connectivity index (χ3v) is 7.06. The van der Waals surface area contributed by atoms with Gasteiger partial charge in [-0.15, -0.1) is 0 Å². The molecule has 6 atom stereocenters. The Kier molecular flexibility index (Phi) is 4.87. The largest absolute Gasteiger partial charge is 0.340 e. The van der Waals surface area contributed by atoms with Gasteiger partial charge in [0.1, 0.15) is 6.04 Å². The van der Waals surface area contributed by atoms with Crippen molar-refractivity contribution in [1.29, 1.82) is 0 Å². The van der Waals surface area contributed by atoms with Crippen LogP contribution < -0.4 is 5.73 Å². The Labute approximate surface area is 161 Å². The number of hydrogen-bond acceptors (Lipinski definition) is 4. The fourth-order valence-electron chi connectivity index (χ4n) is 5.59. The van der Waals surface area contributed by atoms with Crippen LogP contribution in [0, 0.1) is 29.6 Å². The zero-order valence-electron chi connectivity index (χ0n) is 16.3. The second kappa shape index (κ2) is 7.04. The minimum absolute atomic E-state index is 0.0568. The lowest BCUT2D eigenvalue weighted by atomic mass is 9.85. The Morgan fingerprint density at radius 2 is 1.74 bits per heavy atom. The number of imide groups is 1. The Morgan fingerprint density at radius 1 is 1.11 bits per heavy atom. The summed E-state index contributed by atoms with van der Waals surface area (Å²) in [6.07, 6.45) is 7.82. The van der Waals surface area contributed by atoms with E-state index in [0.29, 0.717) is 37.6 Å². The molecule has 6 unspecified atom stereocenters. The summed E-state index contributed by atoms with van der Waals surface area (Å²) in [7, 11) is 0. The van der Waals surface area contributed by atoms with Crippen molar-refractivity contribution in [2.75, 3.05) is 13.1 Å². The number of nitrogens with two attached hydrogens (primary N) is 1. The molecule has 1 saturated carbocycles. The first kappa shape index (κ1) is 18.7. The molecular formula is C21H31N3O3. The molecule has 0 spiro atoms. The molecule has 6 heteroatoms. The molecule has 27 heavy (non-hydrogen) atoms. The van der Waals surface area contributed by atoms with Crippen LogP contribution in [0.4, 0.5) is 0 Å². The van der Waals surface area contributed by atoms with Crippen LogP contribution in [0.25, 0.3) is 0 Å². The Balaban J connectivity index is 1.56. The summed E-state index contributed by atoms with van der Waals surface area (Å²) in [4.78, 5) is 42.7. The second-order valence-corrected chi connectivity index (χ2v) is 9.26. The number of amides is 3. The summed E-state index contributed by atoms with van der Waals surface area (Å²) in [5.41, 5.74) is 6.22. The van der Waals surface area contributed by atoms with E-state index in [4.69, 9.17) is 5.73 Å². The SMILES string of the molecule is CC(C)CC(C(=O)N1CC2CCC(N)C2C1)N1C(=O)C2CC=CCC2C1=O. The summed E-state index contributed by atoms with van der Waals surface area (Å²) in [5, 5.41) is 0. The average molecular weight is 373 g/mol. The smallest absolute Gasteiger partial charge is 0.245 e. The maximum atomic E-state index is 13.4. The number of nitrogens with zero attached hydrogens (tertiary/aromatic N) is 2. The van der Waals surface area contributed by atoms with Gasteiger partial charge in [-0.25, -0.2) is 0 Å². The van der Waals surface area contributed by atoms with Crippen LogP contribution >= 0.6 is 0 Å². The van der Waals surface area contributed by atoms with Gasteiger partial charge >= 0.3 is 0 Å². The molecule has 4 rings (SSSR count). The number of carbonyl (C=O) groups excluding carboxylic acids is 3. The molecule has 0 radical (unpaired) electrons. The lowest BCUT2D eigenvalue weighted by Crippen LogP contribution is -2.51. The van der Waals surface area contributed by atoms with Crippen molar-refractivity contribution >= 4 is 17.7 Å². The van der Waals surface area contributed by atoms with Crippen LogP contribution in [-0.2, 0) is 14.4 Å². The minimum atomic E-state index is -0.661. The zero-order chi connectivity index (χ0) is 19.3. The van der Waals surface area contributed by atoms with E-state index >= 15 is 0 Å². The van der Waals surface area contributed by atoms with E-state index in [1.807, 2.05) is 30.9 Å². The van der Waals surface area contributed by atoms with Crippen molar-refractivity contribution < 1.29 is 14.4 Å². The van der Waals surface area contributed by atoms with Crippen molar-refractivity contribution in [3.8, 4) is 0 Å². The summed E-state index contributed by atoms with van der Waals surface area (Å²) < 4.78 is 0. The fraction of sp³-hybridized carbons (Fsp3) is 0.762. The van der Waals surface area contributed by atoms with E-state index in [2.05, 4.69) is 0 Å². The molecule has 0 aromatic heterocycles. The van der Waals surface area contributed by atoms with Crippen LogP contribution in [0.2, 0.25) is 0 Å². The highest BCUT2D eigenvalue weighted by atomic mass is 16.2. The van der Waals surface area contributed by atoms with Crippen molar-refractivity contribution in [1.82, 2.24) is 9.80 Å². The predicted molar refractivity (Wildman–Crippen MR) is 101 cm³/mol. The third-order valence-electron chi connectivity index (χ3n) is 7.06. The normalized spacial score (nSPS) is 36.5. The molecule has 4 aliphatic rings. The van der Waals surface area contributed by atoms with E-state index in [-0.39, 0.29) is 41.5 Å². The van der Waals surface area contributed by atoms with Gasteiger partial charge < -0.3 is 10.6 Å². The van der Waals surface area contributed by atoms with Crippen LogP contribution in [-0.4, -0.2) is 52.7 Å². The number of carbonyl (C=O) groups is 3. The highest BCUT2D eigenvalue weighted by Crippen LogP contribution is 2.40. The van der Waals surface area contributed by atoms with E-state index in [0.717, 1.165) is 19.4 Å². The molecule has 6 nitrogen and oxygen atoms in total. The van der Waals surface area contributed by atoms with Crippen molar-refractivity contribution in [2.45, 2.75) is 58.0 Å². The highest BCUT2D eigenvalue weighted by molar-refractivity contribution is 6.08. The number of allylic oxidation sites excluding steroid dienone is 2. The van der Waals surface area contributed by atoms with Crippen molar-refractivity contribution in [3.05, 3.63) is 12.2 Å². The summed E-state index contributed by atoms with van der Waals surface area (Å²) >= 11 is 0. The van der Waals surface area contributed by atoms with Gasteiger partial charge in [0.15, 0.2) is 0 Å². The molecule has 0 bridgehead atoms. The maximum absolute atomic E-state index is 13.4. The number of fused-ring (bicyclic) bond motifs is 2. The maximum Gasteiger partial charge on any atom is 0.245 e. The van der Waals surface area contributed by atoms with Crippen molar-refractivity contribution in [3.63, 3.8) is 0 Å².